The Bertz CT molecular complexity index is 780. The molecule has 7 heteroatoms. The molecule has 0 aliphatic carbocycles. The van der Waals surface area contributed by atoms with Gasteiger partial charge in [-0.1, -0.05) is 42.5 Å². The largest absolute Gasteiger partial charge is 0.463 e. The number of amides is 2. The highest BCUT2D eigenvalue weighted by Gasteiger charge is 2.31. The lowest BCUT2D eigenvalue weighted by Crippen LogP contribution is -2.42. The highest BCUT2D eigenvalue weighted by Crippen LogP contribution is 2.22. The van der Waals surface area contributed by atoms with Gasteiger partial charge in [0.05, 0.1) is 24.6 Å². The molecular weight excluding hydrogens is 408 g/mol. The molecule has 0 saturated carbocycles. The molecule has 2 N–H and O–H groups in total. The van der Waals surface area contributed by atoms with Gasteiger partial charge in [0.15, 0.2) is 0 Å². The first kappa shape index (κ1) is 25.3. The Labute approximate surface area is 190 Å². The van der Waals surface area contributed by atoms with Crippen LogP contribution in [0.3, 0.4) is 0 Å². The second kappa shape index (κ2) is 13.5. The molecule has 1 heterocycles. The van der Waals surface area contributed by atoms with E-state index in [1.165, 1.54) is 0 Å². The quantitative estimate of drug-likeness (QED) is 0.362. The lowest BCUT2D eigenvalue weighted by atomic mass is 9.98. The molecule has 0 radical (unpaired) electrons. The summed E-state index contributed by atoms with van der Waals surface area (Å²) in [6, 6.07) is 8.56. The van der Waals surface area contributed by atoms with Crippen LogP contribution in [0.2, 0.25) is 0 Å². The molecule has 1 saturated heterocycles. The van der Waals surface area contributed by atoms with Crippen LogP contribution in [0.5, 0.6) is 0 Å². The van der Waals surface area contributed by atoms with Crippen molar-refractivity contribution in [1.29, 1.82) is 0 Å². The molecule has 3 unspecified atom stereocenters. The van der Waals surface area contributed by atoms with E-state index in [0.29, 0.717) is 19.4 Å². The Hall–Kier alpha value is -2.93. The number of hydrogen-bond donors (Lipinski definition) is 2. The maximum Gasteiger partial charge on any atom is 0.306 e. The smallest absolute Gasteiger partial charge is 0.306 e. The zero-order valence-corrected chi connectivity index (χ0v) is 18.6. The van der Waals surface area contributed by atoms with Crippen LogP contribution < -0.4 is 5.32 Å². The molecule has 2 amide bonds. The molecule has 1 aliphatic heterocycles. The van der Waals surface area contributed by atoms with Crippen LogP contribution in [-0.4, -0.2) is 53.6 Å². The van der Waals surface area contributed by atoms with Crippen LogP contribution in [0.15, 0.2) is 55.6 Å². The number of aliphatic hydroxyl groups is 1. The number of esters is 1. The first-order valence-corrected chi connectivity index (χ1v) is 11.1. The Morgan fingerprint density at radius 3 is 2.62 bits per heavy atom. The maximum absolute atomic E-state index is 13.1. The molecule has 3 atom stereocenters. The number of hydrogen-bond acceptors (Lipinski definition) is 5. The van der Waals surface area contributed by atoms with Crippen molar-refractivity contribution in [2.45, 2.75) is 50.6 Å². The van der Waals surface area contributed by atoms with Crippen LogP contribution in [0.4, 0.5) is 0 Å². The minimum atomic E-state index is -0.595. The molecule has 0 bridgehead atoms. The van der Waals surface area contributed by atoms with Gasteiger partial charge in [0.25, 0.3) is 0 Å². The molecule has 0 aromatic heterocycles. The normalized spacial score (nSPS) is 17.3. The summed E-state index contributed by atoms with van der Waals surface area (Å²) >= 11 is 0. The van der Waals surface area contributed by atoms with E-state index in [1.807, 2.05) is 30.3 Å². The van der Waals surface area contributed by atoms with Crippen molar-refractivity contribution in [3.63, 3.8) is 0 Å². The molecule has 7 nitrogen and oxygen atoms in total. The lowest BCUT2D eigenvalue weighted by Gasteiger charge is -2.26. The van der Waals surface area contributed by atoms with E-state index in [1.54, 1.807) is 17.1 Å². The highest BCUT2D eigenvalue weighted by atomic mass is 16.5. The number of nitrogens with zero attached hydrogens (tertiary/aromatic N) is 1. The van der Waals surface area contributed by atoms with Crippen molar-refractivity contribution in [3.05, 3.63) is 61.2 Å². The van der Waals surface area contributed by atoms with Crippen LogP contribution in [0.1, 0.15) is 50.1 Å². The van der Waals surface area contributed by atoms with Gasteiger partial charge in [0, 0.05) is 19.4 Å². The number of rotatable bonds is 13. The van der Waals surface area contributed by atoms with E-state index in [2.05, 4.69) is 18.5 Å². The van der Waals surface area contributed by atoms with Gasteiger partial charge in [-0.15, -0.1) is 13.2 Å². The SMILES string of the molecule is C=CCCC(=O)OCC(NC(=O)C(CC=C)CC(=O)N1CCCC1CO)c1ccccc1. The van der Waals surface area contributed by atoms with Crippen molar-refractivity contribution in [2.75, 3.05) is 19.8 Å². The summed E-state index contributed by atoms with van der Waals surface area (Å²) in [6.45, 7) is 7.84. The van der Waals surface area contributed by atoms with Gasteiger partial charge in [-0.05, 0) is 31.2 Å². The number of nitrogens with one attached hydrogen (secondary N) is 1. The number of aliphatic hydroxyl groups excluding tert-OH is 1. The van der Waals surface area contributed by atoms with E-state index in [4.69, 9.17) is 4.74 Å². The van der Waals surface area contributed by atoms with Crippen LogP contribution >= 0.6 is 0 Å². The van der Waals surface area contributed by atoms with Gasteiger partial charge in [0.2, 0.25) is 11.8 Å². The Morgan fingerprint density at radius 1 is 1.22 bits per heavy atom. The summed E-state index contributed by atoms with van der Waals surface area (Å²) < 4.78 is 5.37. The van der Waals surface area contributed by atoms with Gasteiger partial charge in [0.1, 0.15) is 6.61 Å². The van der Waals surface area contributed by atoms with Crippen molar-refractivity contribution < 1.29 is 24.2 Å². The molecule has 0 spiro atoms. The predicted octanol–water partition coefficient (Wildman–Crippen LogP) is 2.92. The molecule has 1 aromatic rings. The van der Waals surface area contributed by atoms with E-state index in [-0.39, 0.29) is 49.9 Å². The monoisotopic (exact) mass is 442 g/mol. The Kier molecular flexibility index (Phi) is 10.7. The van der Waals surface area contributed by atoms with Crippen molar-refractivity contribution in [3.8, 4) is 0 Å². The average molecular weight is 443 g/mol. The third kappa shape index (κ3) is 7.64. The van der Waals surface area contributed by atoms with Crippen molar-refractivity contribution in [2.24, 2.45) is 5.92 Å². The zero-order chi connectivity index (χ0) is 23.3. The van der Waals surface area contributed by atoms with Crippen LogP contribution in [0, 0.1) is 5.92 Å². The summed E-state index contributed by atoms with van der Waals surface area (Å²) in [6.07, 6.45) is 6.03. The fourth-order valence-electron chi connectivity index (χ4n) is 3.83. The second-order valence-electron chi connectivity index (χ2n) is 7.97. The van der Waals surface area contributed by atoms with Gasteiger partial charge in [-0.25, -0.2) is 0 Å². The minimum Gasteiger partial charge on any atom is -0.463 e. The minimum absolute atomic E-state index is 0.000797. The number of benzene rings is 1. The van der Waals surface area contributed by atoms with E-state index in [9.17, 15) is 19.5 Å². The van der Waals surface area contributed by atoms with Gasteiger partial charge < -0.3 is 20.1 Å². The number of ether oxygens (including phenoxy) is 1. The fourth-order valence-corrected chi connectivity index (χ4v) is 3.83. The molecular formula is C25H34N2O5. The highest BCUT2D eigenvalue weighted by molar-refractivity contribution is 5.86. The number of likely N-dealkylation sites (tertiary alicyclic amines) is 1. The van der Waals surface area contributed by atoms with Gasteiger partial charge in [-0.3, -0.25) is 14.4 Å². The molecule has 1 fully saturated rings. The lowest BCUT2D eigenvalue weighted by molar-refractivity contribution is -0.145. The third-order valence-electron chi connectivity index (χ3n) is 5.63. The zero-order valence-electron chi connectivity index (χ0n) is 18.6. The summed E-state index contributed by atoms with van der Waals surface area (Å²) in [7, 11) is 0. The summed E-state index contributed by atoms with van der Waals surface area (Å²) in [5, 5.41) is 12.4. The standard InChI is InChI=1S/C25H34N2O5/c1-3-5-14-24(30)32-18-22(19-11-7-6-8-12-19)26-25(31)20(10-4-2)16-23(29)27-15-9-13-21(27)17-28/h3-4,6-8,11-12,20-22,28H,1-2,5,9-10,13-18H2,(H,26,31). The molecule has 32 heavy (non-hydrogen) atoms. The summed E-state index contributed by atoms with van der Waals surface area (Å²) in [4.78, 5) is 39.5. The topological polar surface area (TPSA) is 95.9 Å². The first-order chi connectivity index (χ1) is 15.5. The average Bonchev–Trinajstić information content (AvgIpc) is 3.29. The molecule has 1 aliphatic rings. The summed E-state index contributed by atoms with van der Waals surface area (Å²) in [5.41, 5.74) is 0.806. The Morgan fingerprint density at radius 2 is 1.97 bits per heavy atom. The van der Waals surface area contributed by atoms with Crippen molar-refractivity contribution in [1.82, 2.24) is 10.2 Å². The number of carbonyl (C=O) groups is 3. The van der Waals surface area contributed by atoms with E-state index >= 15 is 0 Å². The van der Waals surface area contributed by atoms with Gasteiger partial charge in [-0.2, -0.15) is 0 Å². The Balaban J connectivity index is 2.06. The van der Waals surface area contributed by atoms with E-state index < -0.39 is 12.0 Å². The third-order valence-corrected chi connectivity index (χ3v) is 5.63. The van der Waals surface area contributed by atoms with E-state index in [0.717, 1.165) is 18.4 Å². The predicted molar refractivity (Wildman–Crippen MR) is 122 cm³/mol. The second-order valence-corrected chi connectivity index (χ2v) is 7.97. The van der Waals surface area contributed by atoms with Gasteiger partial charge >= 0.3 is 5.97 Å². The molecule has 174 valence electrons. The first-order valence-electron chi connectivity index (χ1n) is 11.1. The molecule has 2 rings (SSSR count). The molecule has 1 aromatic carbocycles. The van der Waals surface area contributed by atoms with Crippen molar-refractivity contribution >= 4 is 17.8 Å². The van der Waals surface area contributed by atoms with Crippen LogP contribution in [0.25, 0.3) is 0 Å². The maximum atomic E-state index is 13.1. The number of allylic oxidation sites excluding steroid dienone is 2. The van der Waals surface area contributed by atoms with Crippen LogP contribution in [-0.2, 0) is 19.1 Å². The fraction of sp³-hybridized carbons (Fsp3) is 0.480. The summed E-state index contributed by atoms with van der Waals surface area (Å²) in [5.74, 6) is -1.39. The number of carbonyl (C=O) groups excluding carboxylic acids is 3.